The van der Waals surface area contributed by atoms with Crippen LogP contribution < -0.4 is 0 Å². The lowest BCUT2D eigenvalue weighted by molar-refractivity contribution is 0.0694. The van der Waals surface area contributed by atoms with Crippen molar-refractivity contribution >= 4 is 17.9 Å². The number of carboxylic acids is 1. The molecule has 0 aliphatic carbocycles. The number of hydrogen-bond donors (Lipinski definition) is 2. The second-order valence-corrected chi connectivity index (χ2v) is 4.22. The Kier molecular flexibility index (Phi) is 3.37. The maximum absolute atomic E-state index is 10.9. The van der Waals surface area contributed by atoms with Crippen molar-refractivity contribution in [2.45, 2.75) is 6.92 Å². The largest absolute Gasteiger partial charge is 0.507 e. The van der Waals surface area contributed by atoms with Crippen LogP contribution in [-0.2, 0) is 7.05 Å². The number of carbonyl (C=O) groups is 1. The van der Waals surface area contributed by atoms with E-state index in [-0.39, 0.29) is 11.3 Å². The predicted octanol–water partition coefficient (Wildman–Crippen LogP) is 2.49. The van der Waals surface area contributed by atoms with E-state index < -0.39 is 5.97 Å². The lowest BCUT2D eigenvalue weighted by atomic mass is 10.2. The van der Waals surface area contributed by atoms with E-state index in [2.05, 4.69) is 4.99 Å². The average Bonchev–Trinajstić information content (AvgIpc) is 2.69. The summed E-state index contributed by atoms with van der Waals surface area (Å²) >= 11 is 0. The van der Waals surface area contributed by atoms with E-state index in [9.17, 15) is 9.90 Å². The standard InChI is InChI=1S/C14H14N2O3/c1-9-3-5-11(16(9)2)8-15-10-4-6-13(17)12(7-10)14(18)19/h3-8,17H,1-2H3,(H,18,19). The van der Waals surface area contributed by atoms with Gasteiger partial charge in [0.15, 0.2) is 0 Å². The van der Waals surface area contributed by atoms with Crippen LogP contribution in [0.2, 0.25) is 0 Å². The van der Waals surface area contributed by atoms with Crippen LogP contribution >= 0.6 is 0 Å². The summed E-state index contributed by atoms with van der Waals surface area (Å²) in [7, 11) is 1.93. The predicted molar refractivity (Wildman–Crippen MR) is 72.5 cm³/mol. The first kappa shape index (κ1) is 12.9. The number of phenols is 1. The van der Waals surface area contributed by atoms with Gasteiger partial charge in [-0.1, -0.05) is 0 Å². The molecule has 0 spiro atoms. The quantitative estimate of drug-likeness (QED) is 0.830. The Balaban J connectivity index is 2.31. The number of aliphatic imine (C=N–C) groups is 1. The van der Waals surface area contributed by atoms with Crippen molar-refractivity contribution in [3.05, 3.63) is 47.3 Å². The number of aromatic hydroxyl groups is 1. The number of rotatable bonds is 3. The number of nitrogens with zero attached hydrogens (tertiary/aromatic N) is 2. The highest BCUT2D eigenvalue weighted by Gasteiger charge is 2.09. The molecular formula is C14H14N2O3. The Labute approximate surface area is 110 Å². The van der Waals surface area contributed by atoms with E-state index in [1.54, 1.807) is 12.3 Å². The van der Waals surface area contributed by atoms with Crippen molar-refractivity contribution in [1.29, 1.82) is 0 Å². The highest BCUT2D eigenvalue weighted by molar-refractivity contribution is 5.92. The second kappa shape index (κ2) is 4.97. The molecule has 2 rings (SSSR count). The molecular weight excluding hydrogens is 244 g/mol. The zero-order chi connectivity index (χ0) is 14.0. The van der Waals surface area contributed by atoms with E-state index in [0.29, 0.717) is 5.69 Å². The Morgan fingerprint density at radius 2 is 2.05 bits per heavy atom. The van der Waals surface area contributed by atoms with Crippen molar-refractivity contribution in [2.24, 2.45) is 12.0 Å². The van der Waals surface area contributed by atoms with Gasteiger partial charge in [-0.2, -0.15) is 0 Å². The van der Waals surface area contributed by atoms with Gasteiger partial charge in [0, 0.05) is 12.7 Å². The number of aryl methyl sites for hydroxylation is 1. The molecule has 0 radical (unpaired) electrons. The zero-order valence-electron chi connectivity index (χ0n) is 10.7. The van der Waals surface area contributed by atoms with Gasteiger partial charge in [0.05, 0.1) is 17.6 Å². The lowest BCUT2D eigenvalue weighted by Crippen LogP contribution is -1.97. The minimum Gasteiger partial charge on any atom is -0.507 e. The molecule has 0 saturated heterocycles. The van der Waals surface area contributed by atoms with E-state index in [0.717, 1.165) is 11.4 Å². The Hall–Kier alpha value is -2.56. The number of benzene rings is 1. The number of carboxylic acid groups (broad SMARTS) is 1. The molecule has 0 saturated carbocycles. The van der Waals surface area contributed by atoms with Crippen LogP contribution in [0.5, 0.6) is 5.75 Å². The van der Waals surface area contributed by atoms with Crippen molar-refractivity contribution in [2.75, 3.05) is 0 Å². The highest BCUT2D eigenvalue weighted by atomic mass is 16.4. The fraction of sp³-hybridized carbons (Fsp3) is 0.143. The zero-order valence-corrected chi connectivity index (χ0v) is 10.7. The highest BCUT2D eigenvalue weighted by Crippen LogP contribution is 2.23. The molecule has 0 bridgehead atoms. The molecule has 5 nitrogen and oxygen atoms in total. The number of aromatic carboxylic acids is 1. The van der Waals surface area contributed by atoms with Crippen LogP contribution in [0.25, 0.3) is 0 Å². The van der Waals surface area contributed by atoms with Gasteiger partial charge in [-0.05, 0) is 37.3 Å². The molecule has 0 fully saturated rings. The van der Waals surface area contributed by atoms with E-state index in [1.807, 2.05) is 30.7 Å². The summed E-state index contributed by atoms with van der Waals surface area (Å²) in [5, 5.41) is 18.3. The summed E-state index contributed by atoms with van der Waals surface area (Å²) in [5.41, 5.74) is 2.35. The fourth-order valence-electron chi connectivity index (χ4n) is 1.68. The van der Waals surface area contributed by atoms with Crippen LogP contribution in [0.3, 0.4) is 0 Å². The van der Waals surface area contributed by atoms with Crippen LogP contribution in [0.15, 0.2) is 35.3 Å². The van der Waals surface area contributed by atoms with Crippen molar-refractivity contribution < 1.29 is 15.0 Å². The van der Waals surface area contributed by atoms with Crippen molar-refractivity contribution in [3.63, 3.8) is 0 Å². The summed E-state index contributed by atoms with van der Waals surface area (Å²) in [6.45, 7) is 1.99. The minimum absolute atomic E-state index is 0.155. The molecule has 0 aliphatic rings. The average molecular weight is 258 g/mol. The first-order valence-corrected chi connectivity index (χ1v) is 5.71. The van der Waals surface area contributed by atoms with Gasteiger partial charge in [0.2, 0.25) is 0 Å². The van der Waals surface area contributed by atoms with Gasteiger partial charge in [0.1, 0.15) is 11.3 Å². The smallest absolute Gasteiger partial charge is 0.339 e. The van der Waals surface area contributed by atoms with E-state index in [1.165, 1.54) is 12.1 Å². The molecule has 0 aliphatic heterocycles. The summed E-state index contributed by atoms with van der Waals surface area (Å²) in [5.74, 6) is -1.44. The SMILES string of the molecule is Cc1ccc(C=Nc2ccc(O)c(C(=O)O)c2)n1C. The Morgan fingerprint density at radius 1 is 1.32 bits per heavy atom. The second-order valence-electron chi connectivity index (χ2n) is 4.22. The summed E-state index contributed by atoms with van der Waals surface area (Å²) < 4.78 is 1.97. The third-order valence-electron chi connectivity index (χ3n) is 2.97. The van der Waals surface area contributed by atoms with E-state index in [4.69, 9.17) is 5.11 Å². The van der Waals surface area contributed by atoms with Gasteiger partial charge in [-0.3, -0.25) is 4.99 Å². The number of hydrogen-bond acceptors (Lipinski definition) is 3. The normalized spacial score (nSPS) is 11.1. The maximum atomic E-state index is 10.9. The van der Waals surface area contributed by atoms with Crippen molar-refractivity contribution in [1.82, 2.24) is 4.57 Å². The molecule has 0 unspecified atom stereocenters. The van der Waals surface area contributed by atoms with Gasteiger partial charge < -0.3 is 14.8 Å². The van der Waals surface area contributed by atoms with Crippen LogP contribution in [0.1, 0.15) is 21.7 Å². The lowest BCUT2D eigenvalue weighted by Gasteiger charge is -2.01. The third-order valence-corrected chi connectivity index (χ3v) is 2.97. The molecule has 2 N–H and O–H groups in total. The van der Waals surface area contributed by atoms with Gasteiger partial charge >= 0.3 is 5.97 Å². The summed E-state index contributed by atoms with van der Waals surface area (Å²) in [6.07, 6.45) is 1.66. The van der Waals surface area contributed by atoms with Gasteiger partial charge in [-0.25, -0.2) is 4.79 Å². The number of aromatic nitrogens is 1. The van der Waals surface area contributed by atoms with Crippen LogP contribution in [-0.4, -0.2) is 27.0 Å². The van der Waals surface area contributed by atoms with Crippen LogP contribution in [0.4, 0.5) is 5.69 Å². The monoisotopic (exact) mass is 258 g/mol. The molecule has 5 heteroatoms. The molecule has 1 heterocycles. The molecule has 1 aromatic carbocycles. The maximum Gasteiger partial charge on any atom is 0.339 e. The molecule has 1 aromatic heterocycles. The molecule has 0 amide bonds. The molecule has 2 aromatic rings. The Morgan fingerprint density at radius 3 is 2.63 bits per heavy atom. The molecule has 0 atom stereocenters. The van der Waals surface area contributed by atoms with Crippen molar-refractivity contribution in [3.8, 4) is 5.75 Å². The third kappa shape index (κ3) is 2.65. The Bertz CT molecular complexity index is 657. The summed E-state index contributed by atoms with van der Waals surface area (Å²) in [6, 6.07) is 8.13. The summed E-state index contributed by atoms with van der Waals surface area (Å²) in [4.78, 5) is 15.1. The topological polar surface area (TPSA) is 74.8 Å². The molecule has 19 heavy (non-hydrogen) atoms. The van der Waals surface area contributed by atoms with Gasteiger partial charge in [-0.15, -0.1) is 0 Å². The van der Waals surface area contributed by atoms with Crippen LogP contribution in [0, 0.1) is 6.92 Å². The van der Waals surface area contributed by atoms with Gasteiger partial charge in [0.25, 0.3) is 0 Å². The first-order chi connectivity index (χ1) is 8.99. The minimum atomic E-state index is -1.18. The van der Waals surface area contributed by atoms with E-state index >= 15 is 0 Å². The first-order valence-electron chi connectivity index (χ1n) is 5.71. The molecule has 98 valence electrons. The fourth-order valence-corrected chi connectivity index (χ4v) is 1.68.